The zero-order chi connectivity index (χ0) is 15.0. The summed E-state index contributed by atoms with van der Waals surface area (Å²) in [6.07, 6.45) is 0. The van der Waals surface area contributed by atoms with Crippen LogP contribution in [0.4, 0.5) is 11.4 Å². The lowest BCUT2D eigenvalue weighted by atomic mass is 9.87. The third-order valence-electron chi connectivity index (χ3n) is 3.88. The smallest absolute Gasteiger partial charge is 0.191 e. The van der Waals surface area contributed by atoms with Crippen LogP contribution >= 0.6 is 0 Å². The fraction of sp³-hybridized carbons (Fsp3) is 0.222. The Kier molecular flexibility index (Phi) is 3.50. The SMILES string of the molecule is CN(C)c1ccc(C2=C(c3ccc(N(C)C)cc3)[B]2)cc1. The van der Waals surface area contributed by atoms with Crippen LogP contribution in [0.1, 0.15) is 11.1 Å². The second-order valence-electron chi connectivity index (χ2n) is 5.85. The summed E-state index contributed by atoms with van der Waals surface area (Å²) >= 11 is 0. The number of rotatable bonds is 4. The summed E-state index contributed by atoms with van der Waals surface area (Å²) in [5.74, 6) is 0. The van der Waals surface area contributed by atoms with Gasteiger partial charge in [-0.1, -0.05) is 35.2 Å². The molecule has 3 rings (SSSR count). The van der Waals surface area contributed by atoms with Gasteiger partial charge in [0.15, 0.2) is 7.28 Å². The molecular formula is C18H20BN2. The van der Waals surface area contributed by atoms with Gasteiger partial charge in [0.25, 0.3) is 0 Å². The molecule has 105 valence electrons. The molecule has 0 N–H and O–H groups in total. The molecule has 0 saturated heterocycles. The standard InChI is InChI=1S/C18H20BN2/c1-20(2)15-9-5-13(6-10-15)17-18(19-17)14-7-11-16(12-8-14)21(3)4/h5-12H,1-4H3. The number of nitrogens with zero attached hydrogens (tertiary/aromatic N) is 2. The summed E-state index contributed by atoms with van der Waals surface area (Å²) in [5, 5.41) is 0. The number of hydrogen-bond donors (Lipinski definition) is 0. The number of hydrogen-bond acceptors (Lipinski definition) is 2. The number of benzene rings is 2. The molecule has 0 saturated carbocycles. The highest BCUT2D eigenvalue weighted by molar-refractivity contribution is 6.98. The highest BCUT2D eigenvalue weighted by atomic mass is 15.1. The Balaban J connectivity index is 1.82. The summed E-state index contributed by atoms with van der Waals surface area (Å²) in [5.41, 5.74) is 7.78. The molecule has 2 nitrogen and oxygen atoms in total. The fourth-order valence-electron chi connectivity index (χ4n) is 2.46. The molecule has 0 aliphatic carbocycles. The van der Waals surface area contributed by atoms with Gasteiger partial charge in [0.1, 0.15) is 0 Å². The molecule has 1 aliphatic heterocycles. The summed E-state index contributed by atoms with van der Waals surface area (Å²) in [6.45, 7) is 0. The van der Waals surface area contributed by atoms with Gasteiger partial charge in [-0.15, -0.1) is 0 Å². The van der Waals surface area contributed by atoms with E-state index in [9.17, 15) is 0 Å². The summed E-state index contributed by atoms with van der Waals surface area (Å²) in [6, 6.07) is 17.5. The van der Waals surface area contributed by atoms with Gasteiger partial charge in [-0.3, -0.25) is 0 Å². The monoisotopic (exact) mass is 275 g/mol. The Morgan fingerprint density at radius 3 is 1.19 bits per heavy atom. The molecule has 0 fully saturated rings. The Labute approximate surface area is 127 Å². The van der Waals surface area contributed by atoms with Crippen LogP contribution in [0, 0.1) is 0 Å². The first-order valence-electron chi connectivity index (χ1n) is 7.21. The maximum Gasteiger partial charge on any atom is 0.191 e. The second kappa shape index (κ2) is 5.32. The molecule has 2 aromatic rings. The molecule has 0 spiro atoms. The van der Waals surface area contributed by atoms with Crippen molar-refractivity contribution in [3.8, 4) is 0 Å². The van der Waals surface area contributed by atoms with Crippen molar-refractivity contribution in [2.24, 2.45) is 0 Å². The van der Waals surface area contributed by atoms with Gasteiger partial charge in [0.2, 0.25) is 0 Å². The van der Waals surface area contributed by atoms with Gasteiger partial charge >= 0.3 is 0 Å². The van der Waals surface area contributed by atoms with Crippen molar-refractivity contribution in [2.45, 2.75) is 0 Å². The minimum atomic E-state index is 1.23. The third-order valence-corrected chi connectivity index (χ3v) is 3.88. The van der Waals surface area contributed by atoms with Gasteiger partial charge in [-0.2, -0.15) is 0 Å². The van der Waals surface area contributed by atoms with Gasteiger partial charge < -0.3 is 9.80 Å². The zero-order valence-corrected chi connectivity index (χ0v) is 13.1. The predicted molar refractivity (Wildman–Crippen MR) is 94.1 cm³/mol. The first-order valence-corrected chi connectivity index (χ1v) is 7.21. The third kappa shape index (κ3) is 2.82. The van der Waals surface area contributed by atoms with Gasteiger partial charge in [0, 0.05) is 39.6 Å². The molecule has 0 unspecified atom stereocenters. The van der Waals surface area contributed by atoms with Crippen molar-refractivity contribution >= 4 is 29.6 Å². The first kappa shape index (κ1) is 13.8. The molecule has 21 heavy (non-hydrogen) atoms. The zero-order valence-electron chi connectivity index (χ0n) is 13.1. The van der Waals surface area contributed by atoms with Crippen LogP contribution in [0.5, 0.6) is 0 Å². The Morgan fingerprint density at radius 2 is 0.905 bits per heavy atom. The predicted octanol–water partition coefficient (Wildman–Crippen LogP) is 3.36. The summed E-state index contributed by atoms with van der Waals surface area (Å²) < 4.78 is 0. The molecular weight excluding hydrogens is 255 g/mol. The van der Waals surface area contributed by atoms with E-state index in [1.165, 1.54) is 33.4 Å². The topological polar surface area (TPSA) is 6.48 Å². The van der Waals surface area contributed by atoms with Crippen LogP contribution < -0.4 is 9.80 Å². The fourth-order valence-corrected chi connectivity index (χ4v) is 2.46. The molecule has 1 heterocycles. The Bertz CT molecular complexity index is 608. The van der Waals surface area contributed by atoms with Crippen molar-refractivity contribution in [2.75, 3.05) is 38.0 Å². The van der Waals surface area contributed by atoms with E-state index >= 15 is 0 Å². The van der Waals surface area contributed by atoms with Crippen LogP contribution in [-0.2, 0) is 0 Å². The quantitative estimate of drug-likeness (QED) is 0.789. The van der Waals surface area contributed by atoms with E-state index in [0.717, 1.165) is 0 Å². The highest BCUT2D eigenvalue weighted by Gasteiger charge is 2.25. The van der Waals surface area contributed by atoms with Crippen molar-refractivity contribution in [1.82, 2.24) is 0 Å². The van der Waals surface area contributed by atoms with E-state index in [-0.39, 0.29) is 0 Å². The van der Waals surface area contributed by atoms with Crippen molar-refractivity contribution in [3.63, 3.8) is 0 Å². The summed E-state index contributed by atoms with van der Waals surface area (Å²) in [7, 11) is 10.5. The van der Waals surface area contributed by atoms with Crippen LogP contribution in [0.15, 0.2) is 48.5 Å². The van der Waals surface area contributed by atoms with E-state index in [0.29, 0.717) is 0 Å². The first-order chi connectivity index (χ1) is 10.1. The van der Waals surface area contributed by atoms with Crippen LogP contribution in [0.2, 0.25) is 0 Å². The minimum absolute atomic E-state index is 1.23. The van der Waals surface area contributed by atoms with E-state index in [2.05, 4.69) is 93.8 Å². The lowest BCUT2D eigenvalue weighted by Crippen LogP contribution is -2.07. The van der Waals surface area contributed by atoms with Crippen LogP contribution in [0.25, 0.3) is 10.9 Å². The minimum Gasteiger partial charge on any atom is -0.378 e. The molecule has 1 radical (unpaired) electrons. The Hall–Kier alpha value is -2.16. The molecule has 0 bridgehead atoms. The van der Waals surface area contributed by atoms with E-state index < -0.39 is 0 Å². The molecule has 0 atom stereocenters. The molecule has 2 aromatic carbocycles. The van der Waals surface area contributed by atoms with Crippen molar-refractivity contribution in [1.29, 1.82) is 0 Å². The Morgan fingerprint density at radius 1 is 0.571 bits per heavy atom. The van der Waals surface area contributed by atoms with Gasteiger partial charge in [0.05, 0.1) is 0 Å². The van der Waals surface area contributed by atoms with Gasteiger partial charge in [-0.25, -0.2) is 0 Å². The van der Waals surface area contributed by atoms with Gasteiger partial charge in [-0.05, 0) is 35.4 Å². The average Bonchev–Trinajstić information content (AvgIpc) is 3.28. The normalized spacial score (nSPS) is 13.0. The molecule has 1 aliphatic rings. The van der Waals surface area contributed by atoms with E-state index in [1.807, 2.05) is 0 Å². The lowest BCUT2D eigenvalue weighted by molar-refractivity contribution is 1.13. The van der Waals surface area contributed by atoms with Crippen molar-refractivity contribution < 1.29 is 0 Å². The van der Waals surface area contributed by atoms with Crippen LogP contribution in [0.3, 0.4) is 0 Å². The maximum absolute atomic E-state index is 2.26. The average molecular weight is 275 g/mol. The van der Waals surface area contributed by atoms with Crippen molar-refractivity contribution in [3.05, 3.63) is 59.7 Å². The largest absolute Gasteiger partial charge is 0.378 e. The summed E-state index contributed by atoms with van der Waals surface area (Å²) in [4.78, 5) is 4.24. The number of anilines is 2. The molecule has 0 aromatic heterocycles. The van der Waals surface area contributed by atoms with E-state index in [1.54, 1.807) is 0 Å². The molecule has 3 heteroatoms. The van der Waals surface area contributed by atoms with Crippen LogP contribution in [-0.4, -0.2) is 35.5 Å². The lowest BCUT2D eigenvalue weighted by Gasteiger charge is -2.12. The maximum atomic E-state index is 2.26. The highest BCUT2D eigenvalue weighted by Crippen LogP contribution is 2.39. The second-order valence-corrected chi connectivity index (χ2v) is 5.85. The van der Waals surface area contributed by atoms with E-state index in [4.69, 9.17) is 0 Å². The molecule has 0 amide bonds.